The number of carbonyl (C=O) groups excluding carboxylic acids is 2. The molecule has 2 N–H and O–H groups in total. The number of primary amides is 1. The molecule has 0 radical (unpaired) electrons. The van der Waals surface area contributed by atoms with E-state index in [1.54, 1.807) is 30.7 Å². The van der Waals surface area contributed by atoms with Crippen LogP contribution in [0.4, 0.5) is 0 Å². The Morgan fingerprint density at radius 3 is 2.74 bits per heavy atom. The molecule has 0 atom stereocenters. The first-order valence-corrected chi connectivity index (χ1v) is 13.2. The summed E-state index contributed by atoms with van der Waals surface area (Å²) < 4.78 is 13.3. The van der Waals surface area contributed by atoms with E-state index in [0.717, 1.165) is 33.6 Å². The SMILES string of the molecule is COc1cc2c(cc1-c1cncc(C(N)=O)c1)-c1c(c(C(=O)N3CCOCC3(C)C)nn1-c1ccsc1)C2. The first kappa shape index (κ1) is 24.3. The maximum atomic E-state index is 13.9. The molecule has 0 bridgehead atoms. The molecule has 1 saturated heterocycles. The van der Waals surface area contributed by atoms with Crippen molar-refractivity contribution in [1.82, 2.24) is 19.7 Å². The van der Waals surface area contributed by atoms with Crippen LogP contribution < -0.4 is 10.5 Å². The molecule has 1 fully saturated rings. The van der Waals surface area contributed by atoms with Crippen LogP contribution in [0.15, 0.2) is 47.4 Å². The zero-order chi connectivity index (χ0) is 26.6. The van der Waals surface area contributed by atoms with Crippen LogP contribution in [0, 0.1) is 0 Å². The van der Waals surface area contributed by atoms with Gasteiger partial charge in [-0.05, 0) is 49.1 Å². The summed E-state index contributed by atoms with van der Waals surface area (Å²) in [5.41, 5.74) is 12.0. The molecule has 1 aliphatic carbocycles. The second-order valence-corrected chi connectivity index (χ2v) is 10.9. The van der Waals surface area contributed by atoms with Gasteiger partial charge in [-0.2, -0.15) is 16.4 Å². The summed E-state index contributed by atoms with van der Waals surface area (Å²) in [5.74, 6) is 0.00271. The third-order valence-electron chi connectivity index (χ3n) is 7.21. The van der Waals surface area contributed by atoms with Crippen molar-refractivity contribution in [2.75, 3.05) is 26.9 Å². The van der Waals surface area contributed by atoms with Crippen LogP contribution in [0.5, 0.6) is 5.75 Å². The van der Waals surface area contributed by atoms with Crippen molar-refractivity contribution in [1.29, 1.82) is 0 Å². The molecular weight excluding hydrogens is 502 g/mol. The summed E-state index contributed by atoms with van der Waals surface area (Å²) in [7, 11) is 1.61. The van der Waals surface area contributed by atoms with E-state index in [-0.39, 0.29) is 5.91 Å². The molecule has 194 valence electrons. The van der Waals surface area contributed by atoms with Gasteiger partial charge < -0.3 is 20.1 Å². The van der Waals surface area contributed by atoms with Crippen molar-refractivity contribution in [3.05, 3.63) is 69.8 Å². The maximum absolute atomic E-state index is 13.9. The molecular formula is C28H27N5O4S. The Bertz CT molecular complexity index is 1570. The predicted molar refractivity (Wildman–Crippen MR) is 144 cm³/mol. The van der Waals surface area contributed by atoms with Gasteiger partial charge in [0.2, 0.25) is 5.91 Å². The number of thiophene rings is 1. The molecule has 0 saturated carbocycles. The van der Waals surface area contributed by atoms with Gasteiger partial charge in [0.15, 0.2) is 5.69 Å². The van der Waals surface area contributed by atoms with E-state index in [0.29, 0.717) is 48.7 Å². The van der Waals surface area contributed by atoms with Gasteiger partial charge in [0.05, 0.1) is 42.8 Å². The summed E-state index contributed by atoms with van der Waals surface area (Å²) in [6.07, 6.45) is 3.68. The number of hydrogen-bond acceptors (Lipinski definition) is 7. The lowest BCUT2D eigenvalue weighted by molar-refractivity contribution is -0.0373. The van der Waals surface area contributed by atoms with Crippen molar-refractivity contribution in [3.8, 4) is 33.8 Å². The number of methoxy groups -OCH3 is 1. The quantitative estimate of drug-likeness (QED) is 0.369. The van der Waals surface area contributed by atoms with E-state index in [1.807, 2.05) is 52.4 Å². The highest BCUT2D eigenvalue weighted by Gasteiger charge is 2.39. The fourth-order valence-electron chi connectivity index (χ4n) is 5.29. The Labute approximate surface area is 223 Å². The van der Waals surface area contributed by atoms with Gasteiger partial charge in [-0.1, -0.05) is 0 Å². The standard InChI is InChI=1S/C28H27N5O4S/c1-28(2)15-37-6-5-32(28)27(35)24-22-9-16-10-23(36-3)20(17-8-18(26(29)34)13-30-12-17)11-21(16)25(22)33(31-24)19-4-7-38-14-19/h4,7-8,10-14H,5-6,9,15H2,1-3H3,(H2,29,34). The topological polar surface area (TPSA) is 113 Å². The fraction of sp³-hybridized carbons (Fsp3) is 0.286. The lowest BCUT2D eigenvalue weighted by Crippen LogP contribution is -2.55. The predicted octanol–water partition coefficient (Wildman–Crippen LogP) is 3.93. The summed E-state index contributed by atoms with van der Waals surface area (Å²) in [6, 6.07) is 7.72. The van der Waals surface area contributed by atoms with Gasteiger partial charge in [0.1, 0.15) is 5.75 Å². The van der Waals surface area contributed by atoms with Gasteiger partial charge in [-0.15, -0.1) is 0 Å². The van der Waals surface area contributed by atoms with E-state index in [9.17, 15) is 9.59 Å². The second-order valence-electron chi connectivity index (χ2n) is 10.1. The maximum Gasteiger partial charge on any atom is 0.275 e. The van der Waals surface area contributed by atoms with Crippen LogP contribution in [0.2, 0.25) is 0 Å². The van der Waals surface area contributed by atoms with E-state index >= 15 is 0 Å². The molecule has 2 aliphatic rings. The Hall–Kier alpha value is -4.02. The zero-order valence-electron chi connectivity index (χ0n) is 21.4. The molecule has 2 amide bonds. The Kier molecular flexibility index (Phi) is 5.81. The van der Waals surface area contributed by atoms with Crippen LogP contribution in [0.1, 0.15) is 45.8 Å². The van der Waals surface area contributed by atoms with E-state index in [2.05, 4.69) is 4.98 Å². The number of amides is 2. The van der Waals surface area contributed by atoms with Crippen LogP contribution in [0.25, 0.3) is 28.1 Å². The monoisotopic (exact) mass is 529 g/mol. The van der Waals surface area contributed by atoms with Crippen molar-refractivity contribution in [2.24, 2.45) is 5.73 Å². The molecule has 38 heavy (non-hydrogen) atoms. The minimum Gasteiger partial charge on any atom is -0.496 e. The van der Waals surface area contributed by atoms with Gasteiger partial charge in [0.25, 0.3) is 5.91 Å². The smallest absolute Gasteiger partial charge is 0.275 e. The molecule has 10 heteroatoms. The Morgan fingerprint density at radius 1 is 1.18 bits per heavy atom. The van der Waals surface area contributed by atoms with E-state index < -0.39 is 11.4 Å². The number of nitrogens with two attached hydrogens (primary N) is 1. The normalized spacial score (nSPS) is 15.7. The number of pyridine rings is 1. The average molecular weight is 530 g/mol. The number of aromatic nitrogens is 3. The molecule has 3 aromatic heterocycles. The Balaban J connectivity index is 1.53. The first-order chi connectivity index (χ1) is 18.3. The third kappa shape index (κ3) is 3.88. The van der Waals surface area contributed by atoms with E-state index in [4.69, 9.17) is 20.3 Å². The van der Waals surface area contributed by atoms with Crippen LogP contribution in [0.3, 0.4) is 0 Å². The number of morpholine rings is 1. The lowest BCUT2D eigenvalue weighted by Gasteiger charge is -2.41. The summed E-state index contributed by atoms with van der Waals surface area (Å²) in [5, 5.41) is 8.89. The summed E-state index contributed by atoms with van der Waals surface area (Å²) >= 11 is 1.57. The summed E-state index contributed by atoms with van der Waals surface area (Å²) in [6.45, 7) is 5.52. The number of fused-ring (bicyclic) bond motifs is 3. The molecule has 4 aromatic rings. The number of ether oxygens (including phenoxy) is 2. The minimum atomic E-state index is -0.550. The largest absolute Gasteiger partial charge is 0.496 e. The van der Waals surface area contributed by atoms with Crippen LogP contribution in [-0.4, -0.2) is 63.9 Å². The third-order valence-corrected chi connectivity index (χ3v) is 7.88. The number of rotatable bonds is 5. The van der Waals surface area contributed by atoms with Crippen molar-refractivity contribution >= 4 is 23.2 Å². The molecule has 9 nitrogen and oxygen atoms in total. The lowest BCUT2D eigenvalue weighted by atomic mass is 9.98. The summed E-state index contributed by atoms with van der Waals surface area (Å²) in [4.78, 5) is 31.8. The highest BCUT2D eigenvalue weighted by atomic mass is 32.1. The van der Waals surface area contributed by atoms with Crippen LogP contribution >= 0.6 is 11.3 Å². The number of carbonyl (C=O) groups is 2. The molecule has 1 aliphatic heterocycles. The van der Waals surface area contributed by atoms with Crippen LogP contribution in [-0.2, 0) is 11.2 Å². The molecule has 0 spiro atoms. The van der Waals surface area contributed by atoms with Gasteiger partial charge in [0, 0.05) is 53.0 Å². The number of benzene rings is 1. The Morgan fingerprint density at radius 2 is 2.03 bits per heavy atom. The van der Waals surface area contributed by atoms with Gasteiger partial charge in [-0.25, -0.2) is 4.68 Å². The molecule has 0 unspecified atom stereocenters. The highest BCUT2D eigenvalue weighted by Crippen LogP contribution is 2.45. The second kappa shape index (κ2) is 9.07. The average Bonchev–Trinajstić information content (AvgIpc) is 3.64. The van der Waals surface area contributed by atoms with Gasteiger partial charge >= 0.3 is 0 Å². The highest BCUT2D eigenvalue weighted by molar-refractivity contribution is 7.08. The first-order valence-electron chi connectivity index (χ1n) is 12.3. The zero-order valence-corrected chi connectivity index (χ0v) is 22.2. The van der Waals surface area contributed by atoms with Crippen molar-refractivity contribution in [2.45, 2.75) is 25.8 Å². The van der Waals surface area contributed by atoms with E-state index in [1.165, 1.54) is 6.20 Å². The fourth-order valence-corrected chi connectivity index (χ4v) is 5.90. The number of nitrogens with zero attached hydrogens (tertiary/aromatic N) is 4. The van der Waals surface area contributed by atoms with Crippen molar-refractivity contribution in [3.63, 3.8) is 0 Å². The number of hydrogen-bond donors (Lipinski definition) is 1. The van der Waals surface area contributed by atoms with Crippen molar-refractivity contribution < 1.29 is 19.1 Å². The molecule has 6 rings (SSSR count). The molecule has 4 heterocycles. The van der Waals surface area contributed by atoms with Gasteiger partial charge in [-0.3, -0.25) is 14.6 Å². The minimum absolute atomic E-state index is 0.0955. The molecule has 1 aromatic carbocycles.